The van der Waals surface area contributed by atoms with Gasteiger partial charge in [0.1, 0.15) is 0 Å². The molecule has 0 saturated carbocycles. The zero-order valence-electron chi connectivity index (χ0n) is 9.18. The fourth-order valence-electron chi connectivity index (χ4n) is 1.29. The maximum atomic E-state index is 10.4. The minimum Gasteiger partial charge on any atom is -0.481 e. The molecule has 0 fully saturated rings. The summed E-state index contributed by atoms with van der Waals surface area (Å²) in [7, 11) is -3.22. The van der Waals surface area contributed by atoms with Crippen molar-refractivity contribution in [2.45, 2.75) is 45.2 Å². The van der Waals surface area contributed by atoms with Crippen LogP contribution in [0.3, 0.4) is 0 Å². The number of rotatable bonds is 5. The van der Waals surface area contributed by atoms with Crippen LogP contribution in [-0.4, -0.2) is 27.7 Å². The summed E-state index contributed by atoms with van der Waals surface area (Å²) in [6.07, 6.45) is 0.240. The van der Waals surface area contributed by atoms with Gasteiger partial charge in [-0.25, -0.2) is 0 Å². The first-order chi connectivity index (χ1) is 5.62. The summed E-state index contributed by atoms with van der Waals surface area (Å²) in [6.45, 7) is 10.6. The van der Waals surface area contributed by atoms with Crippen molar-refractivity contribution in [2.24, 2.45) is 0 Å². The van der Waals surface area contributed by atoms with E-state index in [1.807, 2.05) is 0 Å². The molecule has 0 unspecified atom stereocenters. The smallest absolute Gasteiger partial charge is 0.303 e. The highest BCUT2D eigenvalue weighted by atomic mass is 28.4. The molecule has 13 heavy (non-hydrogen) atoms. The van der Waals surface area contributed by atoms with Crippen molar-refractivity contribution >= 4 is 22.6 Å². The Hall–Kier alpha value is -0.136. The monoisotopic (exact) mass is 220 g/mol. The zero-order chi connectivity index (χ0) is 10.7. The molecule has 0 aromatic rings. The Bertz CT molecular complexity index is 184. The normalized spacial score (nSPS) is 13.0. The summed E-state index contributed by atoms with van der Waals surface area (Å²) in [5.41, 5.74) is 0. The van der Waals surface area contributed by atoms with Crippen LogP contribution in [0.4, 0.5) is 0 Å². The second-order valence-corrected chi connectivity index (χ2v) is 13.9. The van der Waals surface area contributed by atoms with Gasteiger partial charge in [0.15, 0.2) is 16.6 Å². The van der Waals surface area contributed by atoms with E-state index >= 15 is 0 Å². The Morgan fingerprint density at radius 1 is 1.23 bits per heavy atom. The molecule has 0 aliphatic carbocycles. The van der Waals surface area contributed by atoms with Gasteiger partial charge >= 0.3 is 5.97 Å². The molecule has 0 aromatic heterocycles. The largest absolute Gasteiger partial charge is 0.481 e. The van der Waals surface area contributed by atoms with E-state index in [0.717, 1.165) is 0 Å². The molecule has 0 rings (SSSR count). The zero-order valence-corrected chi connectivity index (χ0v) is 11.2. The van der Waals surface area contributed by atoms with Crippen molar-refractivity contribution < 1.29 is 14.0 Å². The van der Waals surface area contributed by atoms with E-state index in [0.29, 0.717) is 6.04 Å². The summed E-state index contributed by atoms with van der Waals surface area (Å²) >= 11 is 0. The second kappa shape index (κ2) is 4.39. The van der Waals surface area contributed by atoms with E-state index in [2.05, 4.69) is 32.7 Å². The SMILES string of the molecule is C[Si](C)(C)O[Si](C)(C)CCC(=O)O. The average molecular weight is 220 g/mol. The molecule has 0 heterocycles. The minimum absolute atomic E-state index is 0.240. The number of carboxylic acid groups (broad SMARTS) is 1. The van der Waals surface area contributed by atoms with Crippen LogP contribution in [-0.2, 0) is 8.91 Å². The number of hydrogen-bond donors (Lipinski definition) is 1. The van der Waals surface area contributed by atoms with Crippen LogP contribution < -0.4 is 0 Å². The van der Waals surface area contributed by atoms with Crippen molar-refractivity contribution in [3.8, 4) is 0 Å². The first kappa shape index (κ1) is 12.9. The molecule has 1 N–H and O–H groups in total. The van der Waals surface area contributed by atoms with E-state index in [9.17, 15) is 4.79 Å². The predicted octanol–water partition coefficient (Wildman–Crippen LogP) is 2.52. The molecular formula is C8H20O3Si2. The molecule has 0 radical (unpaired) electrons. The third-order valence-electron chi connectivity index (χ3n) is 1.52. The Morgan fingerprint density at radius 2 is 1.69 bits per heavy atom. The first-order valence-electron chi connectivity index (χ1n) is 4.54. The quantitative estimate of drug-likeness (QED) is 0.724. The molecule has 0 bridgehead atoms. The van der Waals surface area contributed by atoms with Gasteiger partial charge in [-0.15, -0.1) is 0 Å². The lowest BCUT2D eigenvalue weighted by atomic mass is 10.5. The fourth-order valence-corrected chi connectivity index (χ4v) is 9.14. The van der Waals surface area contributed by atoms with Gasteiger partial charge in [0.2, 0.25) is 0 Å². The van der Waals surface area contributed by atoms with Crippen molar-refractivity contribution in [3.05, 3.63) is 0 Å². The average Bonchev–Trinajstić information content (AvgIpc) is 1.78. The summed E-state index contributed by atoms with van der Waals surface area (Å²) in [6, 6.07) is 0.715. The van der Waals surface area contributed by atoms with Crippen molar-refractivity contribution in [3.63, 3.8) is 0 Å². The van der Waals surface area contributed by atoms with Gasteiger partial charge in [-0.2, -0.15) is 0 Å². The van der Waals surface area contributed by atoms with Crippen LogP contribution in [0.15, 0.2) is 0 Å². The van der Waals surface area contributed by atoms with Gasteiger partial charge in [0.05, 0.1) is 0 Å². The number of carbonyl (C=O) groups is 1. The van der Waals surface area contributed by atoms with Crippen LogP contribution in [0.25, 0.3) is 0 Å². The van der Waals surface area contributed by atoms with E-state index in [4.69, 9.17) is 9.22 Å². The summed E-state index contributed by atoms with van der Waals surface area (Å²) in [5, 5.41) is 8.55. The topological polar surface area (TPSA) is 46.5 Å². The maximum Gasteiger partial charge on any atom is 0.303 e. The van der Waals surface area contributed by atoms with Crippen LogP contribution in [0.5, 0.6) is 0 Å². The van der Waals surface area contributed by atoms with Crippen LogP contribution in [0.2, 0.25) is 38.8 Å². The Balaban J connectivity index is 4.01. The molecular weight excluding hydrogens is 200 g/mol. The summed E-state index contributed by atoms with van der Waals surface area (Å²) < 4.78 is 5.99. The molecule has 0 atom stereocenters. The highest BCUT2D eigenvalue weighted by Gasteiger charge is 2.29. The molecule has 0 saturated heterocycles. The Labute approximate surface area is 82.4 Å². The van der Waals surface area contributed by atoms with E-state index in [-0.39, 0.29) is 6.42 Å². The van der Waals surface area contributed by atoms with Gasteiger partial charge in [-0.1, -0.05) is 0 Å². The number of aliphatic carboxylic acids is 1. The molecule has 0 aliphatic heterocycles. The van der Waals surface area contributed by atoms with Gasteiger partial charge in [0.25, 0.3) is 0 Å². The lowest BCUT2D eigenvalue weighted by molar-refractivity contribution is -0.136. The minimum atomic E-state index is -1.72. The standard InChI is InChI=1S/C8H20O3Si2/c1-12(2,3)11-13(4,5)7-6-8(9)10/h6-7H2,1-5H3,(H,9,10). The predicted molar refractivity (Wildman–Crippen MR) is 59.0 cm³/mol. The molecule has 0 spiro atoms. The summed E-state index contributed by atoms with van der Waals surface area (Å²) in [5.74, 6) is -0.722. The third kappa shape index (κ3) is 8.20. The van der Waals surface area contributed by atoms with Gasteiger partial charge in [-0.05, 0) is 38.8 Å². The van der Waals surface area contributed by atoms with Gasteiger partial charge < -0.3 is 9.22 Å². The van der Waals surface area contributed by atoms with Crippen LogP contribution >= 0.6 is 0 Å². The molecule has 0 aliphatic rings. The number of carboxylic acids is 1. The van der Waals surface area contributed by atoms with E-state index < -0.39 is 22.6 Å². The highest BCUT2D eigenvalue weighted by Crippen LogP contribution is 2.19. The fraction of sp³-hybridized carbons (Fsp3) is 0.875. The highest BCUT2D eigenvalue weighted by molar-refractivity contribution is 6.84. The molecule has 0 amide bonds. The molecule has 5 heteroatoms. The summed E-state index contributed by atoms with van der Waals surface area (Å²) in [4.78, 5) is 10.4. The van der Waals surface area contributed by atoms with Gasteiger partial charge in [-0.3, -0.25) is 4.79 Å². The molecule has 78 valence electrons. The first-order valence-corrected chi connectivity index (χ1v) is 11.1. The van der Waals surface area contributed by atoms with Gasteiger partial charge in [0, 0.05) is 6.42 Å². The van der Waals surface area contributed by atoms with Crippen LogP contribution in [0.1, 0.15) is 6.42 Å². The van der Waals surface area contributed by atoms with Crippen molar-refractivity contribution in [1.82, 2.24) is 0 Å². The van der Waals surface area contributed by atoms with Crippen molar-refractivity contribution in [1.29, 1.82) is 0 Å². The Kier molecular flexibility index (Phi) is 4.34. The molecule has 3 nitrogen and oxygen atoms in total. The second-order valence-electron chi connectivity index (χ2n) is 4.87. The lowest BCUT2D eigenvalue weighted by Crippen LogP contribution is -2.42. The Morgan fingerprint density at radius 3 is 2.00 bits per heavy atom. The van der Waals surface area contributed by atoms with E-state index in [1.54, 1.807) is 0 Å². The maximum absolute atomic E-state index is 10.4. The number of hydrogen-bond acceptors (Lipinski definition) is 2. The van der Waals surface area contributed by atoms with Crippen LogP contribution in [0, 0.1) is 0 Å². The third-order valence-corrected chi connectivity index (χ3v) is 7.64. The van der Waals surface area contributed by atoms with Crippen molar-refractivity contribution in [2.75, 3.05) is 0 Å². The molecule has 0 aromatic carbocycles. The van der Waals surface area contributed by atoms with E-state index in [1.165, 1.54) is 0 Å². The lowest BCUT2D eigenvalue weighted by Gasteiger charge is -2.31.